The summed E-state index contributed by atoms with van der Waals surface area (Å²) in [6.07, 6.45) is 6.65. The van der Waals surface area contributed by atoms with Gasteiger partial charge in [-0.15, -0.1) is 0 Å². The van der Waals surface area contributed by atoms with Crippen molar-refractivity contribution in [3.05, 3.63) is 64.1 Å². The lowest BCUT2D eigenvalue weighted by molar-refractivity contribution is 0.0662. The molecule has 0 unspecified atom stereocenters. The van der Waals surface area contributed by atoms with E-state index in [1.54, 1.807) is 0 Å². The number of hydrogen-bond donors (Lipinski definition) is 1. The third kappa shape index (κ3) is 5.40. The number of nitrogens with one attached hydrogen (secondary N) is 1. The minimum Gasteiger partial charge on any atom is -0.381 e. The summed E-state index contributed by atoms with van der Waals surface area (Å²) >= 11 is 6.06. The van der Waals surface area contributed by atoms with Gasteiger partial charge in [0.15, 0.2) is 5.65 Å². The van der Waals surface area contributed by atoms with Crippen molar-refractivity contribution in [3.63, 3.8) is 0 Å². The molecule has 6 nitrogen and oxygen atoms in total. The monoisotopic (exact) mass is 467 g/mol. The first-order valence-corrected chi connectivity index (χ1v) is 12.6. The molecule has 0 amide bonds. The summed E-state index contributed by atoms with van der Waals surface area (Å²) in [6.45, 7) is 8.87. The Morgan fingerprint density at radius 3 is 2.76 bits per heavy atom. The number of piperidine rings is 1. The number of rotatable bonds is 7. The smallest absolute Gasteiger partial charge is 0.159 e. The number of nitrogens with zero attached hydrogens (tertiary/aromatic N) is 4. The second-order valence-corrected chi connectivity index (χ2v) is 9.99. The van der Waals surface area contributed by atoms with Crippen molar-refractivity contribution < 1.29 is 4.74 Å². The zero-order valence-electron chi connectivity index (χ0n) is 19.5. The Hall–Kier alpha value is -1.99. The highest BCUT2D eigenvalue weighted by Crippen LogP contribution is 2.29. The van der Waals surface area contributed by atoms with Gasteiger partial charge in [-0.1, -0.05) is 23.7 Å². The Labute approximate surface area is 201 Å². The van der Waals surface area contributed by atoms with E-state index in [4.69, 9.17) is 26.4 Å². The topological polar surface area (TPSA) is 54.7 Å². The normalized spacial score (nSPS) is 20.5. The molecule has 5 rings (SSSR count). The molecule has 7 heteroatoms. The quantitative estimate of drug-likeness (QED) is 0.551. The lowest BCUT2D eigenvalue weighted by atomic mass is 9.94. The number of hydrogen-bond acceptors (Lipinski definition) is 5. The maximum atomic E-state index is 6.06. The first-order valence-electron chi connectivity index (χ1n) is 12.3. The average Bonchev–Trinajstić information content (AvgIpc) is 3.16. The number of benzene rings is 1. The molecule has 0 radical (unpaired) electrons. The molecule has 2 aromatic heterocycles. The van der Waals surface area contributed by atoms with Gasteiger partial charge < -0.3 is 10.1 Å². The van der Waals surface area contributed by atoms with Gasteiger partial charge >= 0.3 is 0 Å². The van der Waals surface area contributed by atoms with Crippen molar-refractivity contribution in [2.24, 2.45) is 5.92 Å². The lowest BCUT2D eigenvalue weighted by Gasteiger charge is -2.33. The Morgan fingerprint density at radius 2 is 1.94 bits per heavy atom. The largest absolute Gasteiger partial charge is 0.381 e. The van der Waals surface area contributed by atoms with Crippen LogP contribution in [0.2, 0.25) is 5.02 Å². The van der Waals surface area contributed by atoms with Gasteiger partial charge in [0.1, 0.15) is 0 Å². The predicted molar refractivity (Wildman–Crippen MR) is 132 cm³/mol. The molecule has 2 saturated heterocycles. The maximum absolute atomic E-state index is 6.06. The molecule has 2 fully saturated rings. The van der Waals surface area contributed by atoms with E-state index in [1.165, 1.54) is 29.7 Å². The van der Waals surface area contributed by atoms with Crippen molar-refractivity contribution in [3.8, 4) is 0 Å². The van der Waals surface area contributed by atoms with Crippen LogP contribution in [-0.2, 0) is 17.8 Å². The van der Waals surface area contributed by atoms with E-state index in [0.717, 1.165) is 75.1 Å². The fourth-order valence-corrected chi connectivity index (χ4v) is 5.40. The summed E-state index contributed by atoms with van der Waals surface area (Å²) in [7, 11) is 0. The summed E-state index contributed by atoms with van der Waals surface area (Å²) in [5.74, 6) is 1.16. The van der Waals surface area contributed by atoms with E-state index in [1.807, 2.05) is 18.3 Å². The molecule has 0 spiro atoms. The summed E-state index contributed by atoms with van der Waals surface area (Å²) in [5, 5.41) is 9.39. The van der Waals surface area contributed by atoms with Gasteiger partial charge in [0.25, 0.3) is 0 Å². The number of ether oxygens (including phenoxy) is 1. The highest BCUT2D eigenvalue weighted by Gasteiger charge is 2.25. The van der Waals surface area contributed by atoms with E-state index in [0.29, 0.717) is 11.8 Å². The summed E-state index contributed by atoms with van der Waals surface area (Å²) in [6, 6.07) is 10.4. The van der Waals surface area contributed by atoms with Crippen LogP contribution in [0.5, 0.6) is 0 Å². The Morgan fingerprint density at radius 1 is 1.12 bits per heavy atom. The Balaban J connectivity index is 1.28. The third-order valence-electron chi connectivity index (χ3n) is 7.16. The van der Waals surface area contributed by atoms with Crippen molar-refractivity contribution in [2.45, 2.75) is 51.6 Å². The molecule has 33 heavy (non-hydrogen) atoms. The van der Waals surface area contributed by atoms with Crippen LogP contribution >= 0.6 is 11.6 Å². The van der Waals surface area contributed by atoms with Crippen LogP contribution in [0.1, 0.15) is 54.1 Å². The Bertz CT molecular complexity index is 1060. The van der Waals surface area contributed by atoms with E-state index >= 15 is 0 Å². The van der Waals surface area contributed by atoms with Crippen LogP contribution < -0.4 is 5.32 Å². The molecule has 1 aromatic carbocycles. The van der Waals surface area contributed by atoms with Crippen LogP contribution in [0.3, 0.4) is 0 Å². The van der Waals surface area contributed by atoms with E-state index < -0.39 is 0 Å². The molecule has 4 heterocycles. The van der Waals surface area contributed by atoms with Gasteiger partial charge in [0.2, 0.25) is 0 Å². The molecule has 1 N–H and O–H groups in total. The number of fused-ring (bicyclic) bond motifs is 1. The number of aromatic nitrogens is 3. The highest BCUT2D eigenvalue weighted by atomic mass is 35.5. The molecular formula is C26H34ClN5O. The van der Waals surface area contributed by atoms with Gasteiger partial charge in [0, 0.05) is 55.5 Å². The molecule has 0 aliphatic carbocycles. The standard InChI is InChI=1S/C26H34ClN5O/c1-19-24(16-28-15-20-9-13-33-14-10-20)26-29-11-8-25(32(26)30-19)22-3-2-12-31(18-22)17-21-4-6-23(27)7-5-21/h4-8,11,20,22,28H,2-3,9-10,12-18H2,1H3/t22-/m0/s1. The van der Waals surface area contributed by atoms with Crippen molar-refractivity contribution in [2.75, 3.05) is 32.8 Å². The van der Waals surface area contributed by atoms with Gasteiger partial charge in [0.05, 0.1) is 11.4 Å². The summed E-state index contributed by atoms with van der Waals surface area (Å²) < 4.78 is 7.59. The van der Waals surface area contributed by atoms with Crippen molar-refractivity contribution in [1.29, 1.82) is 0 Å². The fourth-order valence-electron chi connectivity index (χ4n) is 5.27. The zero-order chi connectivity index (χ0) is 22.6. The molecule has 2 aliphatic rings. The second kappa shape index (κ2) is 10.5. The number of likely N-dealkylation sites (tertiary alicyclic amines) is 1. The molecule has 1 atom stereocenters. The maximum Gasteiger partial charge on any atom is 0.159 e. The number of aryl methyl sites for hydroxylation is 1. The number of halogens is 1. The fraction of sp³-hybridized carbons (Fsp3) is 0.538. The SMILES string of the molecule is Cc1nn2c([C@H]3CCCN(Cc4ccc(Cl)cc4)C3)ccnc2c1CNCC1CCOCC1. The molecular weight excluding hydrogens is 434 g/mol. The van der Waals surface area contributed by atoms with E-state index in [-0.39, 0.29) is 0 Å². The minimum atomic E-state index is 0.457. The molecule has 0 bridgehead atoms. The first-order chi connectivity index (χ1) is 16.2. The highest BCUT2D eigenvalue weighted by molar-refractivity contribution is 6.30. The zero-order valence-corrected chi connectivity index (χ0v) is 20.2. The van der Waals surface area contributed by atoms with Crippen LogP contribution in [0.25, 0.3) is 5.65 Å². The molecule has 3 aromatic rings. The molecule has 0 saturated carbocycles. The first kappa shape index (κ1) is 22.8. The van der Waals surface area contributed by atoms with E-state index in [9.17, 15) is 0 Å². The van der Waals surface area contributed by atoms with Crippen LogP contribution in [0, 0.1) is 12.8 Å². The minimum absolute atomic E-state index is 0.457. The Kier molecular flexibility index (Phi) is 7.26. The van der Waals surface area contributed by atoms with Gasteiger partial charge in [-0.05, 0) is 75.4 Å². The van der Waals surface area contributed by atoms with Crippen molar-refractivity contribution in [1.82, 2.24) is 24.8 Å². The average molecular weight is 468 g/mol. The van der Waals surface area contributed by atoms with Crippen LogP contribution in [0.4, 0.5) is 0 Å². The van der Waals surface area contributed by atoms with E-state index in [2.05, 4.69) is 39.9 Å². The van der Waals surface area contributed by atoms with Gasteiger partial charge in [-0.3, -0.25) is 4.90 Å². The summed E-state index contributed by atoms with van der Waals surface area (Å²) in [5.41, 5.74) is 5.88. The lowest BCUT2D eigenvalue weighted by Crippen LogP contribution is -2.34. The van der Waals surface area contributed by atoms with Gasteiger partial charge in [-0.25, -0.2) is 9.50 Å². The third-order valence-corrected chi connectivity index (χ3v) is 7.41. The second-order valence-electron chi connectivity index (χ2n) is 9.56. The molecule has 2 aliphatic heterocycles. The molecule has 176 valence electrons. The van der Waals surface area contributed by atoms with Crippen LogP contribution in [-0.4, -0.2) is 52.3 Å². The van der Waals surface area contributed by atoms with Crippen molar-refractivity contribution >= 4 is 17.2 Å². The van der Waals surface area contributed by atoms with Gasteiger partial charge in [-0.2, -0.15) is 5.10 Å². The predicted octanol–water partition coefficient (Wildman–Crippen LogP) is 4.59. The van der Waals surface area contributed by atoms with Crippen LogP contribution in [0.15, 0.2) is 36.5 Å². The summed E-state index contributed by atoms with van der Waals surface area (Å²) in [4.78, 5) is 7.28.